The van der Waals surface area contributed by atoms with Gasteiger partial charge in [-0.1, -0.05) is 0 Å². The Morgan fingerprint density at radius 2 is 1.25 bits per heavy atom. The first-order valence-corrected chi connectivity index (χ1v) is 3.85. The van der Waals surface area contributed by atoms with Gasteiger partial charge in [0.1, 0.15) is 0 Å². The van der Waals surface area contributed by atoms with Gasteiger partial charge in [-0.15, -0.1) is 0 Å². The molecule has 0 atom stereocenters. The Labute approximate surface area is 74.0 Å². The number of rotatable bonds is 2. The molecule has 0 unspecified atom stereocenters. The van der Waals surface area contributed by atoms with Crippen LogP contribution in [0, 0.1) is 0 Å². The highest BCUT2D eigenvalue weighted by Crippen LogP contribution is 1.91. The lowest BCUT2D eigenvalue weighted by atomic mass is 10.6. The van der Waals surface area contributed by atoms with E-state index in [1.165, 1.54) is 12.2 Å². The number of hydrogen-bond donors (Lipinski definition) is 0. The fourth-order valence-corrected chi connectivity index (χ4v) is 0.491. The van der Waals surface area contributed by atoms with E-state index in [0.717, 1.165) is 0 Å². The Bertz CT molecular complexity index is 123. The number of carbonyl (C=O) groups excluding carboxylic acids is 2. The molecule has 0 aromatic carbocycles. The van der Waals surface area contributed by atoms with Crippen molar-refractivity contribution < 1.29 is 9.59 Å². The number of hydrogen-bond acceptors (Lipinski definition) is 2. The van der Waals surface area contributed by atoms with E-state index in [1.807, 2.05) is 0 Å². The molecule has 8 heavy (non-hydrogen) atoms. The summed E-state index contributed by atoms with van der Waals surface area (Å²) in [7, 11) is 0. The zero-order chi connectivity index (χ0) is 6.57. The quantitative estimate of drug-likeness (QED) is 0.435. The van der Waals surface area contributed by atoms with Crippen LogP contribution in [0.2, 0.25) is 0 Å². The Morgan fingerprint density at radius 3 is 1.38 bits per heavy atom. The molecule has 0 aromatic rings. The molecule has 0 amide bonds. The van der Waals surface area contributed by atoms with Gasteiger partial charge in [-0.3, -0.25) is 9.59 Å². The van der Waals surface area contributed by atoms with Crippen LogP contribution in [0.15, 0.2) is 12.2 Å². The minimum Gasteiger partial charge on any atom is -0.283 e. The van der Waals surface area contributed by atoms with Crippen molar-refractivity contribution in [3.8, 4) is 0 Å². The normalized spacial score (nSPS) is 9.75. The summed E-state index contributed by atoms with van der Waals surface area (Å²) in [6, 6.07) is 0. The van der Waals surface area contributed by atoms with E-state index in [1.54, 1.807) is 45.2 Å². The summed E-state index contributed by atoms with van der Waals surface area (Å²) in [5, 5.41) is 0. The standard InChI is InChI=1S/C4H2I2O2/c5-3(7)1-2-4(6)8/h1-2H/b2-1-. The summed E-state index contributed by atoms with van der Waals surface area (Å²) in [6.07, 6.45) is 2.46. The summed E-state index contributed by atoms with van der Waals surface area (Å²) in [5.74, 6) is 0. The van der Waals surface area contributed by atoms with Crippen molar-refractivity contribution in [2.45, 2.75) is 0 Å². The fraction of sp³-hybridized carbons (Fsp3) is 0. The average Bonchev–Trinajstić information content (AvgIpc) is 1.61. The van der Waals surface area contributed by atoms with E-state index in [9.17, 15) is 9.59 Å². The molecule has 0 aliphatic heterocycles. The third kappa shape index (κ3) is 6.54. The molecule has 0 heterocycles. The van der Waals surface area contributed by atoms with E-state index >= 15 is 0 Å². The maximum Gasteiger partial charge on any atom is 0.215 e. The Balaban J connectivity index is 3.67. The Kier molecular flexibility index (Phi) is 4.72. The highest BCUT2D eigenvalue weighted by Gasteiger charge is 1.86. The van der Waals surface area contributed by atoms with Crippen LogP contribution in [-0.4, -0.2) is 7.58 Å². The molecule has 44 valence electrons. The van der Waals surface area contributed by atoms with Gasteiger partial charge < -0.3 is 0 Å². The van der Waals surface area contributed by atoms with Gasteiger partial charge in [-0.2, -0.15) is 0 Å². The first kappa shape index (κ1) is 8.54. The van der Waals surface area contributed by atoms with Gasteiger partial charge in [0.15, 0.2) is 0 Å². The van der Waals surface area contributed by atoms with Crippen LogP contribution in [0.3, 0.4) is 0 Å². The molecular weight excluding hydrogens is 334 g/mol. The SMILES string of the molecule is O=C(I)/C=C\C(=O)I. The Morgan fingerprint density at radius 1 is 1.00 bits per heavy atom. The van der Waals surface area contributed by atoms with E-state index in [0.29, 0.717) is 0 Å². The van der Waals surface area contributed by atoms with Crippen molar-refractivity contribution >= 4 is 52.8 Å². The lowest BCUT2D eigenvalue weighted by molar-refractivity contribution is -0.107. The molecule has 0 aromatic heterocycles. The molecule has 0 fully saturated rings. The Hall–Kier alpha value is 0.540. The number of carbonyl (C=O) groups is 2. The maximum atomic E-state index is 10.1. The van der Waals surface area contributed by atoms with Crippen LogP contribution >= 0.6 is 45.2 Å². The van der Waals surface area contributed by atoms with Crippen molar-refractivity contribution in [2.24, 2.45) is 0 Å². The molecule has 0 saturated carbocycles. The molecule has 2 nitrogen and oxygen atoms in total. The van der Waals surface area contributed by atoms with Crippen molar-refractivity contribution in [3.05, 3.63) is 12.2 Å². The maximum absolute atomic E-state index is 10.1. The molecule has 0 aliphatic rings. The van der Waals surface area contributed by atoms with Crippen molar-refractivity contribution in [1.29, 1.82) is 0 Å². The van der Waals surface area contributed by atoms with Crippen LogP contribution in [0.25, 0.3) is 0 Å². The number of allylic oxidation sites excluding steroid dienone is 2. The lowest BCUT2D eigenvalue weighted by Crippen LogP contribution is -1.78. The first-order chi connectivity index (χ1) is 3.63. The summed E-state index contributed by atoms with van der Waals surface area (Å²) in [4.78, 5) is 20.2. The second-order valence-electron chi connectivity index (χ2n) is 0.942. The largest absolute Gasteiger partial charge is 0.283 e. The molecule has 0 saturated heterocycles. The van der Waals surface area contributed by atoms with Gasteiger partial charge in [0.2, 0.25) is 7.58 Å². The highest BCUT2D eigenvalue weighted by atomic mass is 127. The zero-order valence-corrected chi connectivity index (χ0v) is 8.04. The number of halogens is 2. The van der Waals surface area contributed by atoms with Gasteiger partial charge in [0.05, 0.1) is 0 Å². The zero-order valence-electron chi connectivity index (χ0n) is 3.73. The van der Waals surface area contributed by atoms with Crippen molar-refractivity contribution in [3.63, 3.8) is 0 Å². The molecular formula is C4H2I2O2. The van der Waals surface area contributed by atoms with E-state index < -0.39 is 0 Å². The summed E-state index contributed by atoms with van der Waals surface area (Å²) in [5.41, 5.74) is 0. The molecule has 0 aliphatic carbocycles. The highest BCUT2D eigenvalue weighted by molar-refractivity contribution is 14.1. The van der Waals surface area contributed by atoms with Gasteiger partial charge in [0.25, 0.3) is 0 Å². The molecule has 4 heteroatoms. The molecule has 0 bridgehead atoms. The lowest BCUT2D eigenvalue weighted by Gasteiger charge is -1.71. The van der Waals surface area contributed by atoms with Gasteiger partial charge in [0, 0.05) is 45.2 Å². The second kappa shape index (κ2) is 4.42. The monoisotopic (exact) mass is 336 g/mol. The van der Waals surface area contributed by atoms with Gasteiger partial charge in [-0.25, -0.2) is 0 Å². The third-order valence-electron chi connectivity index (χ3n) is 0.345. The van der Waals surface area contributed by atoms with Crippen molar-refractivity contribution in [2.75, 3.05) is 0 Å². The van der Waals surface area contributed by atoms with E-state index in [4.69, 9.17) is 0 Å². The van der Waals surface area contributed by atoms with Gasteiger partial charge in [-0.05, 0) is 12.2 Å². The summed E-state index contributed by atoms with van der Waals surface area (Å²) >= 11 is 3.19. The summed E-state index contributed by atoms with van der Waals surface area (Å²) in [6.45, 7) is 0. The summed E-state index contributed by atoms with van der Waals surface area (Å²) < 4.78 is -0.264. The van der Waals surface area contributed by atoms with Crippen LogP contribution < -0.4 is 0 Å². The molecule has 0 N–H and O–H groups in total. The predicted octanol–water partition coefficient (Wildman–Crippen LogP) is 1.47. The van der Waals surface area contributed by atoms with Crippen LogP contribution in [0.5, 0.6) is 0 Å². The predicted molar refractivity (Wildman–Crippen MR) is 47.2 cm³/mol. The van der Waals surface area contributed by atoms with E-state index in [-0.39, 0.29) is 7.58 Å². The fourth-order valence-electron chi connectivity index (χ4n) is 0.131. The second-order valence-corrected chi connectivity index (χ2v) is 3.07. The van der Waals surface area contributed by atoms with Crippen LogP contribution in [0.1, 0.15) is 0 Å². The molecule has 0 radical (unpaired) electrons. The van der Waals surface area contributed by atoms with E-state index in [2.05, 4.69) is 0 Å². The third-order valence-corrected chi connectivity index (χ3v) is 1.06. The van der Waals surface area contributed by atoms with Crippen LogP contribution in [0.4, 0.5) is 0 Å². The minimum atomic E-state index is -0.132. The molecule has 0 rings (SSSR count). The van der Waals surface area contributed by atoms with Crippen molar-refractivity contribution in [1.82, 2.24) is 0 Å². The minimum absolute atomic E-state index is 0.132. The smallest absolute Gasteiger partial charge is 0.215 e. The first-order valence-electron chi connectivity index (χ1n) is 1.70. The molecule has 0 spiro atoms. The topological polar surface area (TPSA) is 34.1 Å². The van der Waals surface area contributed by atoms with Gasteiger partial charge >= 0.3 is 0 Å². The average molecular weight is 336 g/mol. The van der Waals surface area contributed by atoms with Crippen LogP contribution in [-0.2, 0) is 9.59 Å².